The van der Waals surface area contributed by atoms with Gasteiger partial charge in [0.15, 0.2) is 5.69 Å². The minimum Gasteiger partial charge on any atom is -0.491 e. The average molecular weight is 418 g/mol. The van der Waals surface area contributed by atoms with Crippen LogP contribution in [0.25, 0.3) is 10.8 Å². The summed E-state index contributed by atoms with van der Waals surface area (Å²) in [5.41, 5.74) is 4.95. The number of amides is 1. The first-order chi connectivity index (χ1) is 12.5. The Morgan fingerprint density at radius 2 is 1.85 bits per heavy atom. The molecule has 2 aromatic carbocycles. The van der Waals surface area contributed by atoms with Gasteiger partial charge in [0.05, 0.1) is 11.9 Å². The van der Waals surface area contributed by atoms with E-state index in [1.807, 2.05) is 12.1 Å². The predicted octanol–water partition coefficient (Wildman–Crippen LogP) is 1.70. The van der Waals surface area contributed by atoms with E-state index < -0.39 is 17.6 Å². The van der Waals surface area contributed by atoms with Gasteiger partial charge in [-0.1, -0.05) is 34.1 Å². The second-order valence-corrected chi connectivity index (χ2v) is 6.58. The first-order valence-electron chi connectivity index (χ1n) is 7.82. The molecule has 7 nitrogen and oxygen atoms in total. The third-order valence-electron chi connectivity index (χ3n) is 3.74. The molecule has 8 heteroatoms. The quantitative estimate of drug-likeness (QED) is 0.634. The Morgan fingerprint density at radius 1 is 1.19 bits per heavy atom. The summed E-state index contributed by atoms with van der Waals surface area (Å²) in [4.78, 5) is 24.2. The van der Waals surface area contributed by atoms with Crippen molar-refractivity contribution in [2.45, 2.75) is 12.6 Å². The first kappa shape index (κ1) is 18.1. The number of hydrogen-bond acceptors (Lipinski definition) is 5. The van der Waals surface area contributed by atoms with Gasteiger partial charge >= 0.3 is 0 Å². The minimum absolute atomic E-state index is 0.0128. The lowest BCUT2D eigenvalue weighted by Crippen LogP contribution is -2.34. The van der Waals surface area contributed by atoms with E-state index in [2.05, 4.69) is 21.0 Å². The Kier molecular flexibility index (Phi) is 5.34. The monoisotopic (exact) mass is 417 g/mol. The Hall–Kier alpha value is -2.71. The van der Waals surface area contributed by atoms with Crippen LogP contribution < -0.4 is 16.0 Å². The zero-order valence-corrected chi connectivity index (χ0v) is 15.2. The molecule has 3 aromatic rings. The fraction of sp³-hybridized carbons (Fsp3) is 0.167. The molecule has 1 unspecified atom stereocenters. The summed E-state index contributed by atoms with van der Waals surface area (Å²) in [6.45, 7) is -0.158. The summed E-state index contributed by atoms with van der Waals surface area (Å²) in [6, 6.07) is 13.7. The Balaban J connectivity index is 1.81. The highest BCUT2D eigenvalue weighted by molar-refractivity contribution is 9.10. The van der Waals surface area contributed by atoms with Crippen molar-refractivity contribution < 1.29 is 14.6 Å². The number of fused-ring (bicyclic) bond motifs is 1. The van der Waals surface area contributed by atoms with Gasteiger partial charge in [0.25, 0.3) is 11.5 Å². The van der Waals surface area contributed by atoms with Gasteiger partial charge in [0.1, 0.15) is 18.5 Å². The highest BCUT2D eigenvalue weighted by Crippen LogP contribution is 2.16. The molecule has 134 valence electrons. The molecule has 0 bridgehead atoms. The summed E-state index contributed by atoms with van der Waals surface area (Å²) < 4.78 is 7.45. The molecule has 1 atom stereocenters. The topological polar surface area (TPSA) is 107 Å². The van der Waals surface area contributed by atoms with Gasteiger partial charge in [-0.05, 0) is 30.3 Å². The number of ether oxygens (including phenoxy) is 1. The van der Waals surface area contributed by atoms with Gasteiger partial charge in [-0.25, -0.2) is 4.68 Å². The van der Waals surface area contributed by atoms with E-state index in [1.54, 1.807) is 36.4 Å². The van der Waals surface area contributed by atoms with E-state index >= 15 is 0 Å². The number of benzene rings is 2. The number of nitrogens with zero attached hydrogens (tertiary/aromatic N) is 2. The van der Waals surface area contributed by atoms with E-state index in [4.69, 9.17) is 10.5 Å². The molecule has 0 aliphatic heterocycles. The molecule has 0 aliphatic carbocycles. The van der Waals surface area contributed by atoms with Crippen LogP contribution in [0.4, 0.5) is 0 Å². The molecule has 26 heavy (non-hydrogen) atoms. The van der Waals surface area contributed by atoms with Crippen LogP contribution in [0.2, 0.25) is 0 Å². The van der Waals surface area contributed by atoms with E-state index in [0.717, 1.165) is 9.15 Å². The van der Waals surface area contributed by atoms with Crippen LogP contribution in [0.1, 0.15) is 10.5 Å². The molecule has 1 aromatic heterocycles. The highest BCUT2D eigenvalue weighted by Gasteiger charge is 2.16. The van der Waals surface area contributed by atoms with Crippen molar-refractivity contribution in [2.75, 3.05) is 6.61 Å². The first-order valence-corrected chi connectivity index (χ1v) is 8.61. The fourth-order valence-electron chi connectivity index (χ4n) is 2.52. The lowest BCUT2D eigenvalue weighted by atomic mass is 10.1. The molecular formula is C18H16BrN3O4. The van der Waals surface area contributed by atoms with Crippen LogP contribution in [0.5, 0.6) is 5.75 Å². The van der Waals surface area contributed by atoms with Crippen molar-refractivity contribution in [1.29, 1.82) is 0 Å². The second kappa shape index (κ2) is 7.67. The smallest absolute Gasteiger partial charge is 0.274 e. The van der Waals surface area contributed by atoms with Crippen LogP contribution in [-0.4, -0.2) is 33.5 Å². The Labute approximate surface area is 157 Å². The maximum absolute atomic E-state index is 12.5. The molecule has 0 saturated heterocycles. The van der Waals surface area contributed by atoms with Crippen LogP contribution in [0, 0.1) is 0 Å². The third kappa shape index (κ3) is 3.92. The van der Waals surface area contributed by atoms with Gasteiger partial charge in [-0.3, -0.25) is 9.59 Å². The van der Waals surface area contributed by atoms with E-state index in [9.17, 15) is 14.7 Å². The van der Waals surface area contributed by atoms with Gasteiger partial charge in [-0.2, -0.15) is 5.10 Å². The normalized spacial score (nSPS) is 12.1. The number of carbonyl (C=O) groups is 1. The molecule has 0 aliphatic rings. The number of hydrogen-bond donors (Lipinski definition) is 2. The molecule has 1 amide bonds. The molecular weight excluding hydrogens is 402 g/mol. The van der Waals surface area contributed by atoms with Gasteiger partial charge in [0, 0.05) is 9.86 Å². The largest absolute Gasteiger partial charge is 0.491 e. The number of aromatic nitrogens is 2. The molecule has 0 fully saturated rings. The summed E-state index contributed by atoms with van der Waals surface area (Å²) in [5.74, 6) is -0.153. The van der Waals surface area contributed by atoms with Crippen molar-refractivity contribution in [1.82, 2.24) is 9.78 Å². The third-order valence-corrected chi connectivity index (χ3v) is 4.27. The van der Waals surface area contributed by atoms with Crippen LogP contribution in [0.3, 0.4) is 0 Å². The average Bonchev–Trinajstić information content (AvgIpc) is 2.63. The van der Waals surface area contributed by atoms with Crippen LogP contribution >= 0.6 is 15.9 Å². The lowest BCUT2D eigenvalue weighted by molar-refractivity contribution is 0.0871. The molecule has 0 saturated carbocycles. The summed E-state index contributed by atoms with van der Waals surface area (Å²) in [5, 5.41) is 14.9. The number of carbonyl (C=O) groups excluding carboxylic acids is 1. The number of rotatable bonds is 6. The van der Waals surface area contributed by atoms with Crippen molar-refractivity contribution >= 4 is 32.6 Å². The number of primary amides is 1. The molecule has 1 heterocycles. The van der Waals surface area contributed by atoms with E-state index in [1.165, 1.54) is 0 Å². The number of nitrogens with two attached hydrogens (primary N) is 1. The molecule has 3 N–H and O–H groups in total. The molecule has 3 rings (SSSR count). The van der Waals surface area contributed by atoms with Crippen molar-refractivity contribution in [3.8, 4) is 5.75 Å². The van der Waals surface area contributed by atoms with Crippen LogP contribution in [0.15, 0.2) is 57.8 Å². The van der Waals surface area contributed by atoms with Gasteiger partial charge in [-0.15, -0.1) is 0 Å². The molecule has 0 spiro atoms. The number of aliphatic hydroxyl groups excluding tert-OH is 1. The maximum atomic E-state index is 12.5. The van der Waals surface area contributed by atoms with Crippen molar-refractivity contribution in [3.05, 3.63) is 69.1 Å². The Morgan fingerprint density at radius 3 is 2.50 bits per heavy atom. The minimum atomic E-state index is -0.995. The summed E-state index contributed by atoms with van der Waals surface area (Å²) in [6.07, 6.45) is -0.995. The number of aliphatic hydroxyl groups is 1. The van der Waals surface area contributed by atoms with Gasteiger partial charge in [0.2, 0.25) is 0 Å². The van der Waals surface area contributed by atoms with E-state index in [-0.39, 0.29) is 18.8 Å². The number of halogens is 1. The zero-order valence-electron chi connectivity index (χ0n) is 13.6. The van der Waals surface area contributed by atoms with Crippen LogP contribution in [-0.2, 0) is 6.54 Å². The van der Waals surface area contributed by atoms with E-state index in [0.29, 0.717) is 16.5 Å². The highest BCUT2D eigenvalue weighted by atomic mass is 79.9. The standard InChI is InChI=1S/C18H16BrN3O4/c19-11-5-7-13(8-6-11)26-10-12(23)9-22-18(25)15-4-2-1-3-14(15)16(21-22)17(20)24/h1-8,12,23H,9-10H2,(H2,20,24). The lowest BCUT2D eigenvalue weighted by Gasteiger charge is -2.14. The predicted molar refractivity (Wildman–Crippen MR) is 100 cm³/mol. The second-order valence-electron chi connectivity index (χ2n) is 5.66. The molecule has 0 radical (unpaired) electrons. The Bertz CT molecular complexity index is 1000. The van der Waals surface area contributed by atoms with Crippen molar-refractivity contribution in [3.63, 3.8) is 0 Å². The fourth-order valence-corrected chi connectivity index (χ4v) is 2.78. The summed E-state index contributed by atoms with van der Waals surface area (Å²) >= 11 is 3.33. The zero-order chi connectivity index (χ0) is 18.7. The van der Waals surface area contributed by atoms with Gasteiger partial charge < -0.3 is 15.6 Å². The summed E-state index contributed by atoms with van der Waals surface area (Å²) in [7, 11) is 0. The SMILES string of the molecule is NC(=O)c1nn(CC(O)COc2ccc(Br)cc2)c(=O)c2ccccc12. The van der Waals surface area contributed by atoms with Crippen molar-refractivity contribution in [2.24, 2.45) is 5.73 Å². The maximum Gasteiger partial charge on any atom is 0.274 e.